The first-order valence-corrected chi connectivity index (χ1v) is 6.61. The maximum Gasteiger partial charge on any atom is 0.254 e. The standard InChI is InChI=1S/C15H17N3O/c1-11-14(15(19)17-13-7-8-13)9-16-18(11)10-12-5-3-2-4-6-12/h2-6,9,13H,7-8,10H2,1H3,(H,17,19). The quantitative estimate of drug-likeness (QED) is 0.909. The highest BCUT2D eigenvalue weighted by atomic mass is 16.1. The first kappa shape index (κ1) is 12.0. The van der Waals surface area contributed by atoms with Crippen LogP contribution in [0.4, 0.5) is 0 Å². The number of carbonyl (C=O) groups is 1. The number of hydrogen-bond acceptors (Lipinski definition) is 2. The van der Waals surface area contributed by atoms with E-state index in [1.165, 1.54) is 5.56 Å². The predicted octanol–water partition coefficient (Wildman–Crippen LogP) is 2.13. The maximum atomic E-state index is 12.0. The lowest BCUT2D eigenvalue weighted by atomic mass is 10.2. The third-order valence-electron chi connectivity index (χ3n) is 3.44. The van der Waals surface area contributed by atoms with Gasteiger partial charge in [0.2, 0.25) is 0 Å². The molecule has 19 heavy (non-hydrogen) atoms. The molecule has 1 aliphatic carbocycles. The highest BCUT2D eigenvalue weighted by Crippen LogP contribution is 2.20. The van der Waals surface area contributed by atoms with Gasteiger partial charge < -0.3 is 5.32 Å². The summed E-state index contributed by atoms with van der Waals surface area (Å²) >= 11 is 0. The molecule has 0 spiro atoms. The molecule has 0 radical (unpaired) electrons. The Kier molecular flexibility index (Phi) is 3.07. The lowest BCUT2D eigenvalue weighted by molar-refractivity contribution is 0.0950. The topological polar surface area (TPSA) is 46.9 Å². The van der Waals surface area contributed by atoms with Gasteiger partial charge in [0.05, 0.1) is 18.3 Å². The zero-order valence-corrected chi connectivity index (χ0v) is 11.0. The van der Waals surface area contributed by atoms with Crippen LogP contribution in [0.25, 0.3) is 0 Å². The van der Waals surface area contributed by atoms with Crippen LogP contribution < -0.4 is 5.32 Å². The molecule has 1 fully saturated rings. The van der Waals surface area contributed by atoms with Gasteiger partial charge in [0.25, 0.3) is 5.91 Å². The fourth-order valence-electron chi connectivity index (χ4n) is 2.08. The lowest BCUT2D eigenvalue weighted by Crippen LogP contribution is -2.25. The molecule has 0 atom stereocenters. The van der Waals surface area contributed by atoms with E-state index in [1.807, 2.05) is 29.8 Å². The van der Waals surface area contributed by atoms with Gasteiger partial charge in [-0.05, 0) is 25.3 Å². The Labute approximate surface area is 112 Å². The molecule has 1 aromatic heterocycles. The largest absolute Gasteiger partial charge is 0.349 e. The molecular weight excluding hydrogens is 238 g/mol. The van der Waals surface area contributed by atoms with E-state index >= 15 is 0 Å². The Hall–Kier alpha value is -2.10. The predicted molar refractivity (Wildman–Crippen MR) is 73.0 cm³/mol. The monoisotopic (exact) mass is 255 g/mol. The van der Waals surface area contributed by atoms with Crippen molar-refractivity contribution in [1.82, 2.24) is 15.1 Å². The number of nitrogens with one attached hydrogen (secondary N) is 1. The molecule has 4 heteroatoms. The van der Waals surface area contributed by atoms with Crippen molar-refractivity contribution in [1.29, 1.82) is 0 Å². The van der Waals surface area contributed by atoms with Crippen molar-refractivity contribution < 1.29 is 4.79 Å². The molecule has 2 aromatic rings. The Morgan fingerprint density at radius 3 is 2.79 bits per heavy atom. The van der Waals surface area contributed by atoms with Gasteiger partial charge in [-0.15, -0.1) is 0 Å². The fraction of sp³-hybridized carbons (Fsp3) is 0.333. The SMILES string of the molecule is Cc1c(C(=O)NC2CC2)cnn1Cc1ccccc1. The number of benzene rings is 1. The van der Waals surface area contributed by atoms with E-state index < -0.39 is 0 Å². The second-order valence-electron chi connectivity index (χ2n) is 5.03. The van der Waals surface area contributed by atoms with Crippen LogP contribution in [0.1, 0.15) is 34.5 Å². The van der Waals surface area contributed by atoms with Crippen molar-refractivity contribution >= 4 is 5.91 Å². The zero-order valence-electron chi connectivity index (χ0n) is 11.0. The van der Waals surface area contributed by atoms with E-state index in [9.17, 15) is 4.79 Å². The summed E-state index contributed by atoms with van der Waals surface area (Å²) in [5.41, 5.74) is 2.78. The van der Waals surface area contributed by atoms with Crippen LogP contribution in [0.5, 0.6) is 0 Å². The van der Waals surface area contributed by atoms with Crippen molar-refractivity contribution in [3.8, 4) is 0 Å². The van der Waals surface area contributed by atoms with Crippen molar-refractivity contribution in [2.24, 2.45) is 0 Å². The summed E-state index contributed by atoms with van der Waals surface area (Å²) in [5, 5.41) is 7.31. The van der Waals surface area contributed by atoms with Gasteiger partial charge in [-0.2, -0.15) is 5.10 Å². The first-order valence-electron chi connectivity index (χ1n) is 6.61. The average Bonchev–Trinajstić information content (AvgIpc) is 3.15. The summed E-state index contributed by atoms with van der Waals surface area (Å²) in [6.07, 6.45) is 3.86. The molecule has 0 aliphatic heterocycles. The molecule has 1 N–H and O–H groups in total. The molecule has 4 nitrogen and oxygen atoms in total. The summed E-state index contributed by atoms with van der Waals surface area (Å²) in [4.78, 5) is 12.0. The minimum Gasteiger partial charge on any atom is -0.349 e. The van der Waals surface area contributed by atoms with Gasteiger partial charge in [0.1, 0.15) is 0 Å². The molecule has 0 bridgehead atoms. The molecule has 98 valence electrons. The number of hydrogen-bond donors (Lipinski definition) is 1. The van der Waals surface area contributed by atoms with E-state index in [4.69, 9.17) is 0 Å². The Morgan fingerprint density at radius 1 is 1.37 bits per heavy atom. The number of amides is 1. The van der Waals surface area contributed by atoms with Crippen LogP contribution in [-0.2, 0) is 6.54 Å². The second-order valence-corrected chi connectivity index (χ2v) is 5.03. The maximum absolute atomic E-state index is 12.0. The summed E-state index contributed by atoms with van der Waals surface area (Å²) in [6, 6.07) is 10.5. The summed E-state index contributed by atoms with van der Waals surface area (Å²) in [5.74, 6) is -0.000637. The van der Waals surface area contributed by atoms with E-state index in [0.717, 1.165) is 18.5 Å². The smallest absolute Gasteiger partial charge is 0.254 e. The van der Waals surface area contributed by atoms with Crippen molar-refractivity contribution in [2.75, 3.05) is 0 Å². The minimum absolute atomic E-state index is 0.000637. The third kappa shape index (κ3) is 2.67. The average molecular weight is 255 g/mol. The lowest BCUT2D eigenvalue weighted by Gasteiger charge is -2.06. The van der Waals surface area contributed by atoms with Crippen LogP contribution in [0.15, 0.2) is 36.5 Å². The van der Waals surface area contributed by atoms with Gasteiger partial charge >= 0.3 is 0 Å². The van der Waals surface area contributed by atoms with Gasteiger partial charge in [0, 0.05) is 11.7 Å². The number of aromatic nitrogens is 2. The molecular formula is C15H17N3O. The summed E-state index contributed by atoms with van der Waals surface area (Å²) < 4.78 is 1.87. The molecule has 1 heterocycles. The van der Waals surface area contributed by atoms with Gasteiger partial charge in [-0.25, -0.2) is 0 Å². The van der Waals surface area contributed by atoms with Crippen molar-refractivity contribution in [3.05, 3.63) is 53.3 Å². The van der Waals surface area contributed by atoms with E-state index in [-0.39, 0.29) is 5.91 Å². The molecule has 1 aliphatic rings. The second kappa shape index (κ2) is 4.88. The summed E-state index contributed by atoms with van der Waals surface area (Å²) in [7, 11) is 0. The normalized spacial score (nSPS) is 14.4. The Morgan fingerprint density at radius 2 is 2.11 bits per heavy atom. The molecule has 1 saturated carbocycles. The van der Waals surface area contributed by atoms with E-state index in [0.29, 0.717) is 18.2 Å². The summed E-state index contributed by atoms with van der Waals surface area (Å²) in [6.45, 7) is 2.64. The van der Waals surface area contributed by atoms with Crippen molar-refractivity contribution in [2.45, 2.75) is 32.4 Å². The first-order chi connectivity index (χ1) is 9.24. The van der Waals surface area contributed by atoms with Crippen LogP contribution >= 0.6 is 0 Å². The van der Waals surface area contributed by atoms with E-state index in [1.54, 1.807) is 6.20 Å². The Bertz CT molecular complexity index is 585. The molecule has 1 aromatic carbocycles. The zero-order chi connectivity index (χ0) is 13.2. The van der Waals surface area contributed by atoms with Crippen LogP contribution in [-0.4, -0.2) is 21.7 Å². The molecule has 0 unspecified atom stereocenters. The highest BCUT2D eigenvalue weighted by Gasteiger charge is 2.25. The molecule has 1 amide bonds. The highest BCUT2D eigenvalue weighted by molar-refractivity contribution is 5.95. The number of rotatable bonds is 4. The molecule has 0 saturated heterocycles. The Balaban J connectivity index is 1.76. The van der Waals surface area contributed by atoms with Gasteiger partial charge in [-0.1, -0.05) is 30.3 Å². The van der Waals surface area contributed by atoms with Crippen LogP contribution in [0.2, 0.25) is 0 Å². The van der Waals surface area contributed by atoms with Crippen LogP contribution in [0.3, 0.4) is 0 Å². The molecule has 3 rings (SSSR count). The van der Waals surface area contributed by atoms with Crippen molar-refractivity contribution in [3.63, 3.8) is 0 Å². The van der Waals surface area contributed by atoms with Gasteiger partial charge in [-0.3, -0.25) is 9.48 Å². The fourth-order valence-corrected chi connectivity index (χ4v) is 2.08. The van der Waals surface area contributed by atoms with Gasteiger partial charge in [0.15, 0.2) is 0 Å². The minimum atomic E-state index is -0.000637. The third-order valence-corrected chi connectivity index (χ3v) is 3.44. The number of carbonyl (C=O) groups excluding carboxylic acids is 1. The van der Waals surface area contributed by atoms with Crippen LogP contribution in [0, 0.1) is 6.92 Å². The number of nitrogens with zero attached hydrogens (tertiary/aromatic N) is 2. The van der Waals surface area contributed by atoms with E-state index in [2.05, 4.69) is 22.5 Å².